The second-order valence-electron chi connectivity index (χ2n) is 6.99. The zero-order valence-corrected chi connectivity index (χ0v) is 14.9. The Morgan fingerprint density at radius 2 is 2.09 bits per heavy atom. The number of hydrogen-bond acceptors (Lipinski definition) is 3. The van der Waals surface area contributed by atoms with Crippen LogP contribution in [0.25, 0.3) is 11.0 Å². The van der Waals surface area contributed by atoms with Crippen molar-refractivity contribution in [1.82, 2.24) is 14.5 Å². The third kappa shape index (κ3) is 2.92. The molecule has 1 aliphatic rings. The molecule has 1 fully saturated rings. The number of fused-ring (bicyclic) bond motifs is 1. The molecule has 0 spiro atoms. The minimum atomic E-state index is -0.878. The molecule has 124 valence electrons. The van der Waals surface area contributed by atoms with Gasteiger partial charge in [0.1, 0.15) is 0 Å². The van der Waals surface area contributed by atoms with Gasteiger partial charge in [-0.05, 0) is 45.9 Å². The first-order valence-corrected chi connectivity index (χ1v) is 9.26. The molecule has 0 aliphatic carbocycles. The molecule has 1 aromatic carbocycles. The highest BCUT2D eigenvalue weighted by Gasteiger charge is 2.35. The highest BCUT2D eigenvalue weighted by molar-refractivity contribution is 7.86. The second-order valence-corrected chi connectivity index (χ2v) is 9.19. The first kappa shape index (κ1) is 16.2. The van der Waals surface area contributed by atoms with Gasteiger partial charge in [0.2, 0.25) is 0 Å². The molecule has 23 heavy (non-hydrogen) atoms. The maximum absolute atomic E-state index is 12.8. The van der Waals surface area contributed by atoms with E-state index in [-0.39, 0.29) is 10.7 Å². The topological polar surface area (TPSA) is 55.2 Å². The molecule has 5 nitrogen and oxygen atoms in total. The summed E-state index contributed by atoms with van der Waals surface area (Å²) in [7, 11) is -0.878. The van der Waals surface area contributed by atoms with E-state index in [2.05, 4.69) is 23.4 Å². The summed E-state index contributed by atoms with van der Waals surface area (Å²) in [5, 5.41) is 0. The van der Waals surface area contributed by atoms with Crippen LogP contribution in [0.15, 0.2) is 24.5 Å². The fourth-order valence-electron chi connectivity index (χ4n) is 3.01. The zero-order chi connectivity index (χ0) is 16.8. The van der Waals surface area contributed by atoms with Crippen molar-refractivity contribution in [2.75, 3.05) is 18.8 Å². The van der Waals surface area contributed by atoms with Gasteiger partial charge in [-0.25, -0.2) is 4.98 Å². The number of carbonyl (C=O) groups is 1. The SMILES string of the molecule is CC(C)n1cnc2cc(C(=O)N3CC[S@@](=O)C(C)(C)C3)ccc21. The van der Waals surface area contributed by atoms with E-state index in [0.29, 0.717) is 30.4 Å². The third-order valence-corrected chi connectivity index (χ3v) is 6.32. The molecular weight excluding hydrogens is 310 g/mol. The molecule has 0 bridgehead atoms. The lowest BCUT2D eigenvalue weighted by atomic mass is 10.1. The summed E-state index contributed by atoms with van der Waals surface area (Å²) in [4.78, 5) is 19.0. The number of benzene rings is 1. The van der Waals surface area contributed by atoms with Crippen molar-refractivity contribution < 1.29 is 9.00 Å². The van der Waals surface area contributed by atoms with E-state index in [1.165, 1.54) is 0 Å². The Hall–Kier alpha value is -1.69. The molecule has 1 aromatic heterocycles. The Balaban J connectivity index is 1.88. The number of aromatic nitrogens is 2. The van der Waals surface area contributed by atoms with E-state index in [1.807, 2.05) is 43.3 Å². The number of rotatable bonds is 2. The number of hydrogen-bond donors (Lipinski definition) is 0. The van der Waals surface area contributed by atoms with Crippen molar-refractivity contribution in [2.24, 2.45) is 0 Å². The van der Waals surface area contributed by atoms with Crippen LogP contribution in [-0.2, 0) is 10.8 Å². The quantitative estimate of drug-likeness (QED) is 0.849. The predicted molar refractivity (Wildman–Crippen MR) is 93.1 cm³/mol. The van der Waals surface area contributed by atoms with Crippen molar-refractivity contribution in [3.8, 4) is 0 Å². The first-order chi connectivity index (χ1) is 10.8. The van der Waals surface area contributed by atoms with Crippen molar-refractivity contribution in [2.45, 2.75) is 38.5 Å². The van der Waals surface area contributed by atoms with Gasteiger partial charge in [-0.3, -0.25) is 9.00 Å². The van der Waals surface area contributed by atoms with E-state index < -0.39 is 10.8 Å². The van der Waals surface area contributed by atoms with Crippen LogP contribution in [0, 0.1) is 0 Å². The van der Waals surface area contributed by atoms with Gasteiger partial charge in [-0.1, -0.05) is 0 Å². The summed E-state index contributed by atoms with van der Waals surface area (Å²) in [5.41, 5.74) is 2.52. The fraction of sp³-hybridized carbons (Fsp3) is 0.529. The average Bonchev–Trinajstić information content (AvgIpc) is 2.92. The minimum Gasteiger partial charge on any atom is -0.336 e. The van der Waals surface area contributed by atoms with Crippen molar-refractivity contribution in [3.63, 3.8) is 0 Å². The molecule has 0 unspecified atom stereocenters. The van der Waals surface area contributed by atoms with E-state index >= 15 is 0 Å². The highest BCUT2D eigenvalue weighted by Crippen LogP contribution is 2.23. The van der Waals surface area contributed by atoms with E-state index in [0.717, 1.165) is 11.0 Å². The summed E-state index contributed by atoms with van der Waals surface area (Å²) in [6, 6.07) is 6.02. The molecule has 2 heterocycles. The van der Waals surface area contributed by atoms with Crippen molar-refractivity contribution in [3.05, 3.63) is 30.1 Å². The molecule has 1 saturated heterocycles. The molecule has 0 saturated carbocycles. The average molecular weight is 333 g/mol. The van der Waals surface area contributed by atoms with Gasteiger partial charge in [0, 0.05) is 41.2 Å². The standard InChI is InChI=1S/C17H23N3O2S/c1-12(2)20-11-18-14-9-13(5-6-15(14)20)16(21)19-7-8-23(22)17(3,4)10-19/h5-6,9,11-12H,7-8,10H2,1-4H3/t23-/m1/s1. The third-order valence-electron chi connectivity index (χ3n) is 4.40. The lowest BCUT2D eigenvalue weighted by Crippen LogP contribution is -2.52. The van der Waals surface area contributed by atoms with Gasteiger partial charge in [-0.15, -0.1) is 0 Å². The van der Waals surface area contributed by atoms with Gasteiger partial charge in [0.25, 0.3) is 5.91 Å². The van der Waals surface area contributed by atoms with Gasteiger partial charge in [0.05, 0.1) is 22.1 Å². The molecule has 0 N–H and O–H groups in total. The van der Waals surface area contributed by atoms with Gasteiger partial charge in [0.15, 0.2) is 0 Å². The van der Waals surface area contributed by atoms with E-state index in [4.69, 9.17) is 0 Å². The molecule has 1 atom stereocenters. The second kappa shape index (κ2) is 5.74. The summed E-state index contributed by atoms with van der Waals surface area (Å²) >= 11 is 0. The molecule has 2 aromatic rings. The molecule has 1 aliphatic heterocycles. The molecular formula is C17H23N3O2S. The molecule has 0 radical (unpaired) electrons. The monoisotopic (exact) mass is 333 g/mol. The van der Waals surface area contributed by atoms with Gasteiger partial charge < -0.3 is 9.47 Å². The van der Waals surface area contributed by atoms with Crippen molar-refractivity contribution >= 4 is 27.7 Å². The van der Waals surface area contributed by atoms with Crippen LogP contribution in [0.3, 0.4) is 0 Å². The van der Waals surface area contributed by atoms with Gasteiger partial charge in [-0.2, -0.15) is 0 Å². The summed E-state index contributed by atoms with van der Waals surface area (Å²) in [6.07, 6.45) is 1.82. The number of amides is 1. The van der Waals surface area contributed by atoms with Crippen LogP contribution < -0.4 is 0 Å². The summed E-state index contributed by atoms with van der Waals surface area (Å²) < 4.78 is 13.8. The van der Waals surface area contributed by atoms with Crippen LogP contribution in [0.5, 0.6) is 0 Å². The first-order valence-electron chi connectivity index (χ1n) is 7.94. The predicted octanol–water partition coefficient (Wildman–Crippen LogP) is 2.60. The fourth-order valence-corrected chi connectivity index (χ4v) is 4.25. The Labute approximate surface area is 139 Å². The number of imidazole rings is 1. The lowest BCUT2D eigenvalue weighted by Gasteiger charge is -2.37. The zero-order valence-electron chi connectivity index (χ0n) is 14.1. The number of nitrogens with zero attached hydrogens (tertiary/aromatic N) is 3. The smallest absolute Gasteiger partial charge is 0.254 e. The summed E-state index contributed by atoms with van der Waals surface area (Å²) in [6.45, 7) is 9.20. The maximum atomic E-state index is 12.8. The lowest BCUT2D eigenvalue weighted by molar-refractivity contribution is 0.0746. The van der Waals surface area contributed by atoms with Crippen LogP contribution in [-0.4, -0.2) is 48.2 Å². The van der Waals surface area contributed by atoms with Crippen LogP contribution in [0.4, 0.5) is 0 Å². The molecule has 3 rings (SSSR count). The molecule has 1 amide bonds. The normalized spacial score (nSPS) is 21.1. The highest BCUT2D eigenvalue weighted by atomic mass is 32.2. The Morgan fingerprint density at radius 3 is 2.74 bits per heavy atom. The Morgan fingerprint density at radius 1 is 1.35 bits per heavy atom. The van der Waals surface area contributed by atoms with Crippen LogP contribution in [0.2, 0.25) is 0 Å². The number of carbonyl (C=O) groups excluding carboxylic acids is 1. The molecule has 6 heteroatoms. The largest absolute Gasteiger partial charge is 0.336 e. The van der Waals surface area contributed by atoms with E-state index in [1.54, 1.807) is 0 Å². The summed E-state index contributed by atoms with van der Waals surface area (Å²) in [5.74, 6) is 0.541. The van der Waals surface area contributed by atoms with E-state index in [9.17, 15) is 9.00 Å². The van der Waals surface area contributed by atoms with Crippen molar-refractivity contribution in [1.29, 1.82) is 0 Å². The maximum Gasteiger partial charge on any atom is 0.254 e. The Kier molecular flexibility index (Phi) is 4.04. The van der Waals surface area contributed by atoms with Gasteiger partial charge >= 0.3 is 0 Å². The van der Waals surface area contributed by atoms with Crippen LogP contribution >= 0.6 is 0 Å². The van der Waals surface area contributed by atoms with Crippen LogP contribution in [0.1, 0.15) is 44.1 Å². The Bertz CT molecular complexity index is 779. The minimum absolute atomic E-state index is 0.00391.